The van der Waals surface area contributed by atoms with Crippen molar-refractivity contribution in [2.45, 2.75) is 52.6 Å². The third kappa shape index (κ3) is 4.58. The van der Waals surface area contributed by atoms with Gasteiger partial charge in [0.1, 0.15) is 5.75 Å². The van der Waals surface area contributed by atoms with E-state index in [9.17, 15) is 4.79 Å². The SMILES string of the molecule is CCCC(C)(N)C(=O)N(C)Cc1ncc(C)c(OC)c1C.Cl. The van der Waals surface area contributed by atoms with Gasteiger partial charge in [-0.1, -0.05) is 13.3 Å². The molecule has 0 aliphatic rings. The molecule has 5 nitrogen and oxygen atoms in total. The molecular formula is C16H28ClN3O2. The van der Waals surface area contributed by atoms with Crippen molar-refractivity contribution in [2.75, 3.05) is 14.2 Å². The van der Waals surface area contributed by atoms with Crippen molar-refractivity contribution in [1.82, 2.24) is 9.88 Å². The van der Waals surface area contributed by atoms with Gasteiger partial charge < -0.3 is 15.4 Å². The number of carbonyl (C=O) groups excluding carboxylic acids is 1. The molecule has 6 heteroatoms. The number of methoxy groups -OCH3 is 1. The summed E-state index contributed by atoms with van der Waals surface area (Å²) in [5, 5.41) is 0. The molecule has 0 radical (unpaired) electrons. The lowest BCUT2D eigenvalue weighted by Crippen LogP contribution is -2.51. The molecule has 1 atom stereocenters. The van der Waals surface area contributed by atoms with E-state index in [2.05, 4.69) is 4.98 Å². The van der Waals surface area contributed by atoms with Crippen molar-refractivity contribution >= 4 is 18.3 Å². The summed E-state index contributed by atoms with van der Waals surface area (Å²) in [4.78, 5) is 18.5. The normalized spacial score (nSPS) is 13.0. The first kappa shape index (κ1) is 20.7. The Morgan fingerprint density at radius 2 is 2.05 bits per heavy atom. The number of pyridine rings is 1. The van der Waals surface area contributed by atoms with Crippen LogP contribution in [0.3, 0.4) is 0 Å². The Balaban J connectivity index is 0.00000441. The smallest absolute Gasteiger partial charge is 0.242 e. The van der Waals surface area contributed by atoms with Crippen LogP contribution in [0.15, 0.2) is 6.20 Å². The van der Waals surface area contributed by atoms with Crippen LogP contribution < -0.4 is 10.5 Å². The lowest BCUT2D eigenvalue weighted by atomic mass is 9.96. The van der Waals surface area contributed by atoms with E-state index in [0.29, 0.717) is 13.0 Å². The van der Waals surface area contributed by atoms with E-state index in [1.807, 2.05) is 20.8 Å². The maximum Gasteiger partial charge on any atom is 0.242 e. The Morgan fingerprint density at radius 3 is 2.55 bits per heavy atom. The zero-order chi connectivity index (χ0) is 16.2. The minimum Gasteiger partial charge on any atom is -0.496 e. The Kier molecular flexibility index (Phi) is 7.84. The molecule has 0 saturated carbocycles. The fraction of sp³-hybridized carbons (Fsp3) is 0.625. The number of hydrogen-bond acceptors (Lipinski definition) is 4. The average Bonchev–Trinajstić information content (AvgIpc) is 2.41. The van der Waals surface area contributed by atoms with E-state index in [4.69, 9.17) is 10.5 Å². The molecule has 1 aromatic rings. The predicted octanol–water partition coefficient (Wildman–Crippen LogP) is 2.60. The summed E-state index contributed by atoms with van der Waals surface area (Å²) in [7, 11) is 3.41. The highest BCUT2D eigenvalue weighted by atomic mass is 35.5. The molecule has 0 aliphatic carbocycles. The van der Waals surface area contributed by atoms with Gasteiger partial charge in [0.05, 0.1) is 24.9 Å². The molecule has 0 aliphatic heterocycles. The summed E-state index contributed by atoms with van der Waals surface area (Å²) < 4.78 is 5.40. The largest absolute Gasteiger partial charge is 0.496 e. The van der Waals surface area contributed by atoms with Gasteiger partial charge in [-0.05, 0) is 27.2 Å². The van der Waals surface area contributed by atoms with Gasteiger partial charge in [0.2, 0.25) is 5.91 Å². The topological polar surface area (TPSA) is 68.5 Å². The highest BCUT2D eigenvalue weighted by molar-refractivity contribution is 5.85. The summed E-state index contributed by atoms with van der Waals surface area (Å²) >= 11 is 0. The Hall–Kier alpha value is -1.33. The van der Waals surface area contributed by atoms with E-state index >= 15 is 0 Å². The van der Waals surface area contributed by atoms with Gasteiger partial charge in [-0.3, -0.25) is 9.78 Å². The lowest BCUT2D eigenvalue weighted by molar-refractivity contribution is -0.135. The number of amides is 1. The summed E-state index contributed by atoms with van der Waals surface area (Å²) in [6.45, 7) is 8.15. The van der Waals surface area contributed by atoms with E-state index in [-0.39, 0.29) is 18.3 Å². The first-order valence-electron chi connectivity index (χ1n) is 7.28. The zero-order valence-electron chi connectivity index (χ0n) is 14.4. The average molecular weight is 330 g/mol. The number of nitrogens with two attached hydrogens (primary N) is 1. The highest BCUT2D eigenvalue weighted by Gasteiger charge is 2.30. The van der Waals surface area contributed by atoms with Crippen LogP contribution in [0.4, 0.5) is 0 Å². The minimum atomic E-state index is -0.827. The third-order valence-corrected chi connectivity index (χ3v) is 3.74. The molecule has 22 heavy (non-hydrogen) atoms. The molecule has 0 spiro atoms. The minimum absolute atomic E-state index is 0. The van der Waals surface area contributed by atoms with Gasteiger partial charge in [-0.2, -0.15) is 0 Å². The van der Waals surface area contributed by atoms with Gasteiger partial charge >= 0.3 is 0 Å². The fourth-order valence-electron chi connectivity index (χ4n) is 2.59. The van der Waals surface area contributed by atoms with Crippen molar-refractivity contribution in [1.29, 1.82) is 0 Å². The van der Waals surface area contributed by atoms with Gasteiger partial charge in [-0.25, -0.2) is 0 Å². The monoisotopic (exact) mass is 329 g/mol. The molecule has 2 N–H and O–H groups in total. The van der Waals surface area contributed by atoms with E-state index in [0.717, 1.165) is 29.0 Å². The third-order valence-electron chi connectivity index (χ3n) is 3.74. The fourth-order valence-corrected chi connectivity index (χ4v) is 2.59. The number of rotatable bonds is 6. The number of aromatic nitrogens is 1. The molecule has 1 heterocycles. The summed E-state index contributed by atoms with van der Waals surface area (Å²) in [5.41, 5.74) is 8.07. The van der Waals surface area contributed by atoms with Crippen LogP contribution in [0.25, 0.3) is 0 Å². The first-order chi connectivity index (χ1) is 9.74. The van der Waals surface area contributed by atoms with Crippen LogP contribution in [-0.4, -0.2) is 35.5 Å². The second-order valence-electron chi connectivity index (χ2n) is 5.87. The van der Waals surface area contributed by atoms with Gasteiger partial charge in [0.15, 0.2) is 0 Å². The summed E-state index contributed by atoms with van der Waals surface area (Å²) in [5.74, 6) is 0.759. The van der Waals surface area contributed by atoms with Gasteiger partial charge in [0.25, 0.3) is 0 Å². The van der Waals surface area contributed by atoms with Crippen LogP contribution in [0.1, 0.15) is 43.5 Å². The quantitative estimate of drug-likeness (QED) is 0.871. The molecule has 1 amide bonds. The number of ether oxygens (including phenoxy) is 1. The Labute approximate surface area is 139 Å². The maximum atomic E-state index is 12.4. The molecular weight excluding hydrogens is 302 g/mol. The number of hydrogen-bond donors (Lipinski definition) is 1. The standard InChI is InChI=1S/C16H27N3O2.ClH/c1-7-8-16(4,17)15(20)19(5)10-13-12(3)14(21-6)11(2)9-18-13;/h9H,7-8,10,17H2,1-6H3;1H. The van der Waals surface area contributed by atoms with Crippen molar-refractivity contribution in [3.63, 3.8) is 0 Å². The van der Waals surface area contributed by atoms with Crippen LogP contribution in [0, 0.1) is 13.8 Å². The maximum absolute atomic E-state index is 12.4. The summed E-state index contributed by atoms with van der Waals surface area (Å²) in [6, 6.07) is 0. The van der Waals surface area contributed by atoms with Crippen LogP contribution in [0.5, 0.6) is 5.75 Å². The lowest BCUT2D eigenvalue weighted by Gasteiger charge is -2.29. The number of likely N-dealkylation sites (N-methyl/N-ethyl adjacent to an activating group) is 1. The van der Waals surface area contributed by atoms with Crippen molar-refractivity contribution in [3.05, 3.63) is 23.0 Å². The second kappa shape index (κ2) is 8.34. The first-order valence-corrected chi connectivity index (χ1v) is 7.28. The van der Waals surface area contributed by atoms with E-state index in [1.54, 1.807) is 32.2 Å². The predicted molar refractivity (Wildman–Crippen MR) is 91.5 cm³/mol. The molecule has 1 rings (SSSR count). The number of carbonyl (C=O) groups is 1. The van der Waals surface area contributed by atoms with E-state index in [1.165, 1.54) is 0 Å². The van der Waals surface area contributed by atoms with Crippen LogP contribution in [0.2, 0.25) is 0 Å². The number of halogens is 1. The van der Waals surface area contributed by atoms with Crippen LogP contribution >= 0.6 is 12.4 Å². The molecule has 0 aromatic carbocycles. The van der Waals surface area contributed by atoms with Crippen molar-refractivity contribution in [2.24, 2.45) is 5.73 Å². The molecule has 0 fully saturated rings. The number of aryl methyl sites for hydroxylation is 1. The van der Waals surface area contributed by atoms with Crippen molar-refractivity contribution in [3.8, 4) is 5.75 Å². The highest BCUT2D eigenvalue weighted by Crippen LogP contribution is 2.25. The van der Waals surface area contributed by atoms with Crippen LogP contribution in [-0.2, 0) is 11.3 Å². The van der Waals surface area contributed by atoms with E-state index < -0.39 is 5.54 Å². The molecule has 126 valence electrons. The van der Waals surface area contributed by atoms with Gasteiger partial charge in [0, 0.05) is 24.4 Å². The van der Waals surface area contributed by atoms with Crippen molar-refractivity contribution < 1.29 is 9.53 Å². The Bertz CT molecular complexity index is 518. The zero-order valence-corrected chi connectivity index (χ0v) is 15.2. The second-order valence-corrected chi connectivity index (χ2v) is 5.87. The molecule has 0 saturated heterocycles. The summed E-state index contributed by atoms with van der Waals surface area (Å²) in [6.07, 6.45) is 3.31. The number of nitrogens with zero attached hydrogens (tertiary/aromatic N) is 2. The molecule has 1 unspecified atom stereocenters. The molecule has 0 bridgehead atoms. The van der Waals surface area contributed by atoms with Gasteiger partial charge in [-0.15, -0.1) is 12.4 Å². The molecule has 1 aromatic heterocycles. The Morgan fingerprint density at radius 1 is 1.45 bits per heavy atom.